The van der Waals surface area contributed by atoms with Crippen molar-refractivity contribution in [2.24, 2.45) is 11.8 Å². The van der Waals surface area contributed by atoms with Gasteiger partial charge in [0.05, 0.1) is 18.4 Å². The summed E-state index contributed by atoms with van der Waals surface area (Å²) in [6.07, 6.45) is 1.14. The zero-order valence-electron chi connectivity index (χ0n) is 11.0. The maximum Gasteiger partial charge on any atom is 0.307 e. The fourth-order valence-electron chi connectivity index (χ4n) is 1.82. The van der Waals surface area contributed by atoms with Gasteiger partial charge in [-0.25, -0.2) is 0 Å². The summed E-state index contributed by atoms with van der Waals surface area (Å²) in [6, 6.07) is 0. The Hall–Kier alpha value is -1.59. The van der Waals surface area contributed by atoms with E-state index >= 15 is 0 Å². The number of hydrogen-bond acceptors (Lipinski definition) is 3. The fourth-order valence-corrected chi connectivity index (χ4v) is 1.82. The molecule has 0 heterocycles. The number of likely N-dealkylation sites (N-methyl/N-ethyl adjacent to an activating group) is 1. The normalized spacial score (nSPS) is 21.3. The summed E-state index contributed by atoms with van der Waals surface area (Å²) in [6.45, 7) is 2.44. The van der Waals surface area contributed by atoms with Crippen molar-refractivity contribution >= 4 is 17.8 Å². The van der Waals surface area contributed by atoms with Crippen LogP contribution in [0.3, 0.4) is 0 Å². The van der Waals surface area contributed by atoms with Gasteiger partial charge in [0.2, 0.25) is 11.8 Å². The monoisotopic (exact) mass is 256 g/mol. The first-order valence-electron chi connectivity index (χ1n) is 6.10. The van der Waals surface area contributed by atoms with Crippen molar-refractivity contribution in [1.82, 2.24) is 9.80 Å². The van der Waals surface area contributed by atoms with Crippen LogP contribution in [-0.4, -0.2) is 59.9 Å². The molecule has 0 aromatic carbocycles. The molecule has 18 heavy (non-hydrogen) atoms. The van der Waals surface area contributed by atoms with E-state index in [0.29, 0.717) is 13.0 Å². The summed E-state index contributed by atoms with van der Waals surface area (Å²) >= 11 is 0. The fraction of sp³-hybridized carbons (Fsp3) is 0.750. The lowest BCUT2D eigenvalue weighted by Crippen LogP contribution is -2.41. The van der Waals surface area contributed by atoms with Crippen molar-refractivity contribution in [2.75, 3.05) is 27.2 Å². The maximum atomic E-state index is 12.1. The van der Waals surface area contributed by atoms with E-state index in [9.17, 15) is 14.4 Å². The molecule has 1 rings (SSSR count). The van der Waals surface area contributed by atoms with Gasteiger partial charge in [0.25, 0.3) is 0 Å². The van der Waals surface area contributed by atoms with Gasteiger partial charge in [0, 0.05) is 20.6 Å². The summed E-state index contributed by atoms with van der Waals surface area (Å²) in [5, 5.41) is 8.81. The standard InChI is InChI=1S/C12H20N2O4/c1-4-5-14(7-10(15)13(2)3)11(16)8-6-9(8)12(17)18/h8-9H,4-7H2,1-3H3,(H,17,18). The van der Waals surface area contributed by atoms with Crippen LogP contribution in [0.15, 0.2) is 0 Å². The molecule has 2 unspecified atom stereocenters. The molecule has 102 valence electrons. The number of aliphatic carboxylic acids is 1. The number of carboxylic acids is 1. The Bertz CT molecular complexity index is 354. The molecule has 1 N–H and O–H groups in total. The molecule has 0 bridgehead atoms. The van der Waals surface area contributed by atoms with E-state index in [-0.39, 0.29) is 18.4 Å². The van der Waals surface area contributed by atoms with Crippen molar-refractivity contribution in [2.45, 2.75) is 19.8 Å². The number of amides is 2. The first-order chi connectivity index (χ1) is 8.38. The van der Waals surface area contributed by atoms with Gasteiger partial charge in [0.15, 0.2) is 0 Å². The Morgan fingerprint density at radius 3 is 2.22 bits per heavy atom. The molecule has 0 spiro atoms. The molecule has 1 fully saturated rings. The second-order valence-electron chi connectivity index (χ2n) is 4.83. The highest BCUT2D eigenvalue weighted by molar-refractivity contribution is 5.91. The van der Waals surface area contributed by atoms with E-state index in [1.807, 2.05) is 6.92 Å². The average molecular weight is 256 g/mol. The number of carboxylic acid groups (broad SMARTS) is 1. The van der Waals surface area contributed by atoms with Crippen molar-refractivity contribution < 1.29 is 19.5 Å². The molecule has 1 saturated carbocycles. The lowest BCUT2D eigenvalue weighted by Gasteiger charge is -2.23. The van der Waals surface area contributed by atoms with Gasteiger partial charge in [0.1, 0.15) is 0 Å². The highest BCUT2D eigenvalue weighted by Gasteiger charge is 2.49. The number of rotatable bonds is 6. The van der Waals surface area contributed by atoms with Crippen LogP contribution in [0.5, 0.6) is 0 Å². The van der Waals surface area contributed by atoms with Crippen LogP contribution in [0.1, 0.15) is 19.8 Å². The highest BCUT2D eigenvalue weighted by Crippen LogP contribution is 2.40. The van der Waals surface area contributed by atoms with E-state index in [4.69, 9.17) is 5.11 Å². The summed E-state index contributed by atoms with van der Waals surface area (Å²) in [4.78, 5) is 37.3. The Labute approximate surface area is 107 Å². The molecular weight excluding hydrogens is 236 g/mol. The predicted molar refractivity (Wildman–Crippen MR) is 64.8 cm³/mol. The second kappa shape index (κ2) is 5.84. The Kier molecular flexibility index (Phi) is 4.69. The maximum absolute atomic E-state index is 12.1. The van der Waals surface area contributed by atoms with Crippen LogP contribution in [-0.2, 0) is 14.4 Å². The van der Waals surface area contributed by atoms with E-state index in [1.54, 1.807) is 14.1 Å². The highest BCUT2D eigenvalue weighted by atomic mass is 16.4. The van der Waals surface area contributed by atoms with Crippen LogP contribution in [0.2, 0.25) is 0 Å². The third-order valence-electron chi connectivity index (χ3n) is 3.05. The molecule has 0 aromatic rings. The van der Waals surface area contributed by atoms with Gasteiger partial charge in [-0.1, -0.05) is 6.92 Å². The van der Waals surface area contributed by atoms with Crippen molar-refractivity contribution in [3.8, 4) is 0 Å². The molecule has 6 nitrogen and oxygen atoms in total. The van der Waals surface area contributed by atoms with Crippen molar-refractivity contribution in [3.63, 3.8) is 0 Å². The first-order valence-corrected chi connectivity index (χ1v) is 6.10. The summed E-state index contributed by atoms with van der Waals surface area (Å²) in [5.41, 5.74) is 0. The lowest BCUT2D eigenvalue weighted by molar-refractivity contribution is -0.143. The molecular formula is C12H20N2O4. The van der Waals surface area contributed by atoms with E-state index in [0.717, 1.165) is 6.42 Å². The van der Waals surface area contributed by atoms with Crippen LogP contribution in [0, 0.1) is 11.8 Å². The second-order valence-corrected chi connectivity index (χ2v) is 4.83. The SMILES string of the molecule is CCCN(CC(=O)N(C)C)C(=O)C1CC1C(=O)O. The van der Waals surface area contributed by atoms with Gasteiger partial charge in [-0.05, 0) is 12.8 Å². The van der Waals surface area contributed by atoms with Crippen LogP contribution >= 0.6 is 0 Å². The minimum Gasteiger partial charge on any atom is -0.481 e. The Balaban J connectivity index is 2.59. The van der Waals surface area contributed by atoms with Gasteiger partial charge in [-0.3, -0.25) is 14.4 Å². The molecule has 6 heteroatoms. The Morgan fingerprint density at radius 1 is 1.22 bits per heavy atom. The molecule has 1 aliphatic carbocycles. The average Bonchev–Trinajstić information content (AvgIpc) is 3.07. The van der Waals surface area contributed by atoms with Gasteiger partial charge >= 0.3 is 5.97 Å². The molecule has 0 aromatic heterocycles. The third-order valence-corrected chi connectivity index (χ3v) is 3.05. The lowest BCUT2D eigenvalue weighted by atomic mass is 10.2. The molecule has 2 amide bonds. The molecule has 0 radical (unpaired) electrons. The van der Waals surface area contributed by atoms with Crippen molar-refractivity contribution in [1.29, 1.82) is 0 Å². The molecule has 0 saturated heterocycles. The quantitative estimate of drug-likeness (QED) is 0.727. The first kappa shape index (κ1) is 14.5. The molecule has 1 aliphatic rings. The number of carbonyl (C=O) groups excluding carboxylic acids is 2. The van der Waals surface area contributed by atoms with E-state index in [1.165, 1.54) is 9.80 Å². The molecule has 2 atom stereocenters. The van der Waals surface area contributed by atoms with Crippen LogP contribution in [0.4, 0.5) is 0 Å². The number of carbonyl (C=O) groups is 3. The van der Waals surface area contributed by atoms with Crippen LogP contribution < -0.4 is 0 Å². The minimum atomic E-state index is -0.927. The largest absolute Gasteiger partial charge is 0.481 e. The zero-order chi connectivity index (χ0) is 13.9. The van der Waals surface area contributed by atoms with E-state index < -0.39 is 17.8 Å². The smallest absolute Gasteiger partial charge is 0.307 e. The summed E-state index contributed by atoms with van der Waals surface area (Å²) < 4.78 is 0. The number of hydrogen-bond donors (Lipinski definition) is 1. The van der Waals surface area contributed by atoms with E-state index in [2.05, 4.69) is 0 Å². The summed E-state index contributed by atoms with van der Waals surface area (Å²) in [5.74, 6) is -2.29. The van der Waals surface area contributed by atoms with Gasteiger partial charge in [-0.2, -0.15) is 0 Å². The zero-order valence-corrected chi connectivity index (χ0v) is 11.0. The van der Waals surface area contributed by atoms with Gasteiger partial charge < -0.3 is 14.9 Å². The minimum absolute atomic E-state index is 0.0303. The topological polar surface area (TPSA) is 77.9 Å². The molecule has 0 aliphatic heterocycles. The number of nitrogens with zero attached hydrogens (tertiary/aromatic N) is 2. The predicted octanol–water partition coefficient (Wildman–Crippen LogP) is 0.0339. The third kappa shape index (κ3) is 3.45. The van der Waals surface area contributed by atoms with Gasteiger partial charge in [-0.15, -0.1) is 0 Å². The summed E-state index contributed by atoms with van der Waals surface area (Å²) in [7, 11) is 3.27. The van der Waals surface area contributed by atoms with Crippen LogP contribution in [0.25, 0.3) is 0 Å². The van der Waals surface area contributed by atoms with Crippen molar-refractivity contribution in [3.05, 3.63) is 0 Å². The Morgan fingerprint density at radius 2 is 1.83 bits per heavy atom.